The van der Waals surface area contributed by atoms with Crippen LogP contribution in [0.15, 0.2) is 0 Å². The Morgan fingerprint density at radius 2 is 0.810 bits per heavy atom. The van der Waals surface area contributed by atoms with Crippen molar-refractivity contribution in [2.45, 2.75) is 149 Å². The predicted molar refractivity (Wildman–Crippen MR) is 232 cm³/mol. The van der Waals surface area contributed by atoms with Gasteiger partial charge in [0.25, 0.3) is 0 Å². The molecule has 0 amide bonds. The molecule has 0 N–H and O–H groups in total. The molecule has 63 heavy (non-hydrogen) atoms. The zero-order valence-corrected chi connectivity index (χ0v) is 39.1. The van der Waals surface area contributed by atoms with Gasteiger partial charge < -0.3 is 28.4 Å². The summed E-state index contributed by atoms with van der Waals surface area (Å²) < 4.78 is 36.1. The SMILES string of the molecule is CC1CC1CCC(=O)OCC(COCC(COC(=O)CCN1CC1C)(COC(=O)CCN1CC1C)CC(=O)CCN1CC1C)(COC(=O)CCC1CC1C)OC(=O)CCC1CC1C. The minimum Gasteiger partial charge on any atom is -0.465 e. The standard InChI is InChI=1S/C48H77N3O12/c1-32-19-38(32)7-10-42(53)61-30-48(63-46(57)12-9-40-21-34(40)3,31-62-43(54)11-8-39-20-33(39)2)29-58-26-47(22-41(52)13-16-49-23-35(49)4,27-59-44(55)14-17-50-24-36(50)5)28-60-45(56)15-18-51-25-37(51)6/h32-40H,7-31H2,1-6H3. The summed E-state index contributed by atoms with van der Waals surface area (Å²) in [5.74, 6) is 0.593. The first-order valence-corrected chi connectivity index (χ1v) is 24.2. The van der Waals surface area contributed by atoms with Crippen molar-refractivity contribution in [1.29, 1.82) is 0 Å². The maximum Gasteiger partial charge on any atom is 0.307 e. The van der Waals surface area contributed by atoms with Crippen LogP contribution in [-0.4, -0.2) is 153 Å². The molecule has 0 aromatic carbocycles. The van der Waals surface area contributed by atoms with E-state index in [9.17, 15) is 28.8 Å². The number of hydrogen-bond donors (Lipinski definition) is 0. The van der Waals surface area contributed by atoms with Crippen molar-refractivity contribution < 1.29 is 57.2 Å². The number of esters is 5. The first kappa shape index (κ1) is 49.3. The highest BCUT2D eigenvalue weighted by molar-refractivity contribution is 5.79. The normalized spacial score (nSPS) is 32.5. The van der Waals surface area contributed by atoms with E-state index >= 15 is 0 Å². The van der Waals surface area contributed by atoms with Gasteiger partial charge >= 0.3 is 29.8 Å². The number of nitrogens with zero attached hydrogens (tertiary/aromatic N) is 3. The van der Waals surface area contributed by atoms with Gasteiger partial charge in [-0.25, -0.2) is 0 Å². The van der Waals surface area contributed by atoms with Crippen molar-refractivity contribution >= 4 is 35.6 Å². The first-order valence-electron chi connectivity index (χ1n) is 24.2. The summed E-state index contributed by atoms with van der Waals surface area (Å²) in [6, 6.07) is 1.23. The minimum absolute atomic E-state index is 0.106. The van der Waals surface area contributed by atoms with Crippen molar-refractivity contribution in [2.24, 2.45) is 40.9 Å². The Bertz CT molecular complexity index is 1420. The Labute approximate surface area is 375 Å². The van der Waals surface area contributed by atoms with Gasteiger partial charge in [0.15, 0.2) is 0 Å². The van der Waals surface area contributed by atoms with Gasteiger partial charge in [0.05, 0.1) is 31.5 Å². The van der Waals surface area contributed by atoms with Gasteiger partial charge in [-0.05, 0) is 94.8 Å². The molecule has 15 nitrogen and oxygen atoms in total. The van der Waals surface area contributed by atoms with Gasteiger partial charge in [-0.15, -0.1) is 0 Å². The van der Waals surface area contributed by atoms with Gasteiger partial charge in [0.1, 0.15) is 32.2 Å². The molecule has 6 aliphatic rings. The van der Waals surface area contributed by atoms with E-state index in [2.05, 4.69) is 56.2 Å². The van der Waals surface area contributed by atoms with Crippen molar-refractivity contribution in [1.82, 2.24) is 14.7 Å². The highest BCUT2D eigenvalue weighted by Crippen LogP contribution is 2.43. The molecule has 12 atom stereocenters. The molecule has 0 aromatic heterocycles. The van der Waals surface area contributed by atoms with Crippen LogP contribution in [0.4, 0.5) is 0 Å². The van der Waals surface area contributed by atoms with E-state index in [4.69, 9.17) is 28.4 Å². The number of ether oxygens (including phenoxy) is 6. The van der Waals surface area contributed by atoms with Crippen LogP contribution in [0, 0.1) is 40.9 Å². The molecule has 356 valence electrons. The van der Waals surface area contributed by atoms with E-state index < -0.39 is 54.1 Å². The Morgan fingerprint density at radius 1 is 0.460 bits per heavy atom. The van der Waals surface area contributed by atoms with Gasteiger partial charge in [-0.3, -0.25) is 43.5 Å². The summed E-state index contributed by atoms with van der Waals surface area (Å²) in [5, 5.41) is 0. The van der Waals surface area contributed by atoms with Crippen molar-refractivity contribution in [2.75, 3.05) is 78.9 Å². The van der Waals surface area contributed by atoms with Crippen LogP contribution in [0.25, 0.3) is 0 Å². The maximum atomic E-state index is 13.8. The minimum atomic E-state index is -1.72. The lowest BCUT2D eigenvalue weighted by Gasteiger charge is -2.36. The Morgan fingerprint density at radius 3 is 1.19 bits per heavy atom. The summed E-state index contributed by atoms with van der Waals surface area (Å²) in [7, 11) is 0. The molecule has 0 bridgehead atoms. The van der Waals surface area contributed by atoms with Crippen LogP contribution in [0.1, 0.15) is 125 Å². The maximum absolute atomic E-state index is 13.8. The number of carbonyl (C=O) groups is 6. The second-order valence-electron chi connectivity index (χ2n) is 20.8. The fraction of sp³-hybridized carbons (Fsp3) is 0.875. The summed E-state index contributed by atoms with van der Waals surface area (Å²) >= 11 is 0. The summed E-state index contributed by atoms with van der Waals surface area (Å²) in [6.45, 7) is 15.1. The second kappa shape index (κ2) is 22.4. The van der Waals surface area contributed by atoms with Crippen molar-refractivity contribution in [3.63, 3.8) is 0 Å². The summed E-state index contributed by atoms with van der Waals surface area (Å²) in [6.07, 6.45) is 6.18. The summed E-state index contributed by atoms with van der Waals surface area (Å²) in [4.78, 5) is 86.8. The molecule has 15 heteroatoms. The van der Waals surface area contributed by atoms with E-state index in [1.165, 1.54) is 0 Å². The van der Waals surface area contributed by atoms with Crippen LogP contribution in [-0.2, 0) is 57.2 Å². The van der Waals surface area contributed by atoms with E-state index in [1.54, 1.807) is 0 Å². The average Bonchev–Trinajstić information content (AvgIpc) is 3.92. The quantitative estimate of drug-likeness (QED) is 0.0491. The van der Waals surface area contributed by atoms with E-state index in [0.29, 0.717) is 92.5 Å². The molecule has 12 unspecified atom stereocenters. The van der Waals surface area contributed by atoms with Crippen LogP contribution in [0.3, 0.4) is 0 Å². The molecule has 3 aliphatic heterocycles. The molecule has 3 aliphatic carbocycles. The third-order valence-electron chi connectivity index (χ3n) is 14.6. The molecule has 0 aromatic rings. The lowest BCUT2D eigenvalue weighted by Crippen LogP contribution is -2.51. The number of rotatable bonds is 33. The van der Waals surface area contributed by atoms with E-state index in [1.807, 2.05) is 0 Å². The zero-order valence-electron chi connectivity index (χ0n) is 39.1. The second-order valence-corrected chi connectivity index (χ2v) is 20.8. The molecule has 0 spiro atoms. The fourth-order valence-electron chi connectivity index (χ4n) is 8.79. The predicted octanol–water partition coefficient (Wildman–Crippen LogP) is 4.99. The van der Waals surface area contributed by atoms with Crippen LogP contribution < -0.4 is 0 Å². The Hall–Kier alpha value is -3.14. The topological polar surface area (TPSA) is 167 Å². The number of hydrogen-bond acceptors (Lipinski definition) is 15. The third-order valence-corrected chi connectivity index (χ3v) is 14.6. The molecule has 3 saturated heterocycles. The lowest BCUT2D eigenvalue weighted by atomic mass is 9.84. The zero-order chi connectivity index (χ0) is 45.3. The van der Waals surface area contributed by atoms with Gasteiger partial charge in [0, 0.05) is 89.5 Å². The highest BCUT2D eigenvalue weighted by Gasteiger charge is 2.44. The molecule has 3 heterocycles. The average molecular weight is 888 g/mol. The molecular weight excluding hydrogens is 811 g/mol. The van der Waals surface area contributed by atoms with Crippen LogP contribution in [0.5, 0.6) is 0 Å². The summed E-state index contributed by atoms with van der Waals surface area (Å²) in [5.41, 5.74) is -3.03. The number of carbonyl (C=O) groups excluding carboxylic acids is 6. The first-order chi connectivity index (χ1) is 30.0. The van der Waals surface area contributed by atoms with E-state index in [-0.39, 0.29) is 77.2 Å². The Kier molecular flexibility index (Phi) is 17.5. The fourth-order valence-corrected chi connectivity index (χ4v) is 8.79. The van der Waals surface area contributed by atoms with Crippen molar-refractivity contribution in [3.05, 3.63) is 0 Å². The molecule has 0 radical (unpaired) electrons. The highest BCUT2D eigenvalue weighted by atomic mass is 16.6. The molecule has 3 saturated carbocycles. The van der Waals surface area contributed by atoms with Gasteiger partial charge in [0.2, 0.25) is 5.60 Å². The molecular formula is C48H77N3O12. The number of Topliss-reactive ketones (excluding diaryl/α,β-unsaturated/α-hetero) is 1. The third kappa shape index (κ3) is 17.3. The van der Waals surface area contributed by atoms with Gasteiger partial charge in [-0.2, -0.15) is 0 Å². The largest absolute Gasteiger partial charge is 0.465 e. The number of ketones is 1. The van der Waals surface area contributed by atoms with Crippen LogP contribution in [0.2, 0.25) is 0 Å². The molecule has 6 rings (SSSR count). The smallest absolute Gasteiger partial charge is 0.307 e. The monoisotopic (exact) mass is 888 g/mol. The van der Waals surface area contributed by atoms with Gasteiger partial charge in [-0.1, -0.05) is 20.8 Å². The lowest BCUT2D eigenvalue weighted by molar-refractivity contribution is -0.198. The Balaban J connectivity index is 1.19. The van der Waals surface area contributed by atoms with Crippen LogP contribution >= 0.6 is 0 Å². The van der Waals surface area contributed by atoms with E-state index in [0.717, 1.165) is 38.9 Å². The molecule has 6 fully saturated rings. The van der Waals surface area contributed by atoms with Crippen molar-refractivity contribution in [3.8, 4) is 0 Å².